The molecule has 3 rings (SSSR count). The van der Waals surface area contributed by atoms with Gasteiger partial charge in [0.15, 0.2) is 5.78 Å². The normalized spacial score (nSPS) is 21.2. The molecule has 2 unspecified atom stereocenters. The fraction of sp³-hybridized carbons (Fsp3) is 0.364. The van der Waals surface area contributed by atoms with Gasteiger partial charge in [0.1, 0.15) is 0 Å². The number of carbonyl (C=O) groups excluding carboxylic acids is 2. The van der Waals surface area contributed by atoms with Crippen molar-refractivity contribution in [1.29, 1.82) is 0 Å². The van der Waals surface area contributed by atoms with Gasteiger partial charge < -0.3 is 10.6 Å². The lowest BCUT2D eigenvalue weighted by atomic mass is 9.67. The number of amides is 1. The van der Waals surface area contributed by atoms with Crippen molar-refractivity contribution in [3.05, 3.63) is 59.2 Å². The molecule has 0 spiro atoms. The summed E-state index contributed by atoms with van der Waals surface area (Å²) in [6.07, 6.45) is 0. The second kappa shape index (κ2) is 6.27. The molecule has 2 aromatic carbocycles. The third kappa shape index (κ3) is 2.70. The summed E-state index contributed by atoms with van der Waals surface area (Å²) in [4.78, 5) is 27.8. The van der Waals surface area contributed by atoms with Crippen LogP contribution in [0, 0.1) is 12.8 Å². The van der Waals surface area contributed by atoms with E-state index in [1.165, 1.54) is 0 Å². The van der Waals surface area contributed by atoms with Gasteiger partial charge in [-0.2, -0.15) is 0 Å². The third-order valence-corrected chi connectivity index (χ3v) is 5.58. The highest BCUT2D eigenvalue weighted by Crippen LogP contribution is 2.48. The number of carbonyl (C=O) groups is 2. The van der Waals surface area contributed by atoms with E-state index in [0.29, 0.717) is 11.3 Å². The SMILES string of the molecule is CC(=O)N1c2ccccc2C(C)C(C(=O)c2ccc(C)cc2N)C1(C)C. The summed E-state index contributed by atoms with van der Waals surface area (Å²) in [6.45, 7) is 9.49. The largest absolute Gasteiger partial charge is 0.398 e. The second-order valence-corrected chi connectivity index (χ2v) is 7.79. The zero-order valence-corrected chi connectivity index (χ0v) is 16.0. The summed E-state index contributed by atoms with van der Waals surface area (Å²) < 4.78 is 0. The molecule has 0 bridgehead atoms. The van der Waals surface area contributed by atoms with E-state index < -0.39 is 5.54 Å². The van der Waals surface area contributed by atoms with Gasteiger partial charge in [0.2, 0.25) is 5.91 Å². The lowest BCUT2D eigenvalue weighted by Gasteiger charge is -2.50. The predicted molar refractivity (Wildman–Crippen MR) is 106 cm³/mol. The van der Waals surface area contributed by atoms with Gasteiger partial charge in [-0.3, -0.25) is 9.59 Å². The molecule has 136 valence electrons. The van der Waals surface area contributed by atoms with Crippen LogP contribution in [-0.2, 0) is 4.79 Å². The van der Waals surface area contributed by atoms with Crippen molar-refractivity contribution in [2.45, 2.75) is 46.1 Å². The fourth-order valence-corrected chi connectivity index (χ4v) is 4.51. The molecule has 2 atom stereocenters. The van der Waals surface area contributed by atoms with Gasteiger partial charge in [-0.05, 0) is 56.0 Å². The zero-order chi connectivity index (χ0) is 19.2. The molecule has 0 radical (unpaired) electrons. The van der Waals surface area contributed by atoms with Gasteiger partial charge in [0.05, 0.1) is 11.5 Å². The van der Waals surface area contributed by atoms with Crippen LogP contribution < -0.4 is 10.6 Å². The van der Waals surface area contributed by atoms with E-state index in [9.17, 15) is 9.59 Å². The first-order chi connectivity index (χ1) is 12.2. The number of nitrogen functional groups attached to an aromatic ring is 1. The van der Waals surface area contributed by atoms with Gasteiger partial charge in [-0.15, -0.1) is 0 Å². The fourth-order valence-electron chi connectivity index (χ4n) is 4.51. The zero-order valence-electron chi connectivity index (χ0n) is 16.0. The van der Waals surface area contributed by atoms with Crippen molar-refractivity contribution >= 4 is 23.1 Å². The van der Waals surface area contributed by atoms with Crippen LogP contribution in [0.1, 0.15) is 55.1 Å². The molecule has 1 heterocycles. The standard InChI is InChI=1S/C22H26N2O2/c1-13-10-11-17(18(23)12-13)21(26)20-14(2)16-8-6-7-9-19(16)24(15(3)25)22(20,4)5/h6-12,14,20H,23H2,1-5H3. The van der Waals surface area contributed by atoms with Crippen molar-refractivity contribution in [3.63, 3.8) is 0 Å². The maximum atomic E-state index is 13.5. The molecule has 0 aromatic heterocycles. The highest BCUT2D eigenvalue weighted by atomic mass is 16.2. The molecule has 0 saturated heterocycles. The van der Waals surface area contributed by atoms with Crippen LogP contribution in [0.4, 0.5) is 11.4 Å². The number of hydrogen-bond acceptors (Lipinski definition) is 3. The number of Topliss-reactive ketones (excluding diaryl/α,β-unsaturated/α-hetero) is 1. The van der Waals surface area contributed by atoms with Crippen LogP contribution in [-0.4, -0.2) is 17.2 Å². The molecule has 4 heteroatoms. The van der Waals surface area contributed by atoms with Gasteiger partial charge in [0.25, 0.3) is 0 Å². The Morgan fingerprint density at radius 1 is 1.12 bits per heavy atom. The molecule has 0 fully saturated rings. The number of nitrogens with two attached hydrogens (primary N) is 1. The average Bonchev–Trinajstić information content (AvgIpc) is 2.53. The molecule has 1 aliphatic rings. The molecular weight excluding hydrogens is 324 g/mol. The molecule has 26 heavy (non-hydrogen) atoms. The van der Waals surface area contributed by atoms with E-state index in [0.717, 1.165) is 16.8 Å². The van der Waals surface area contributed by atoms with E-state index in [1.54, 1.807) is 17.9 Å². The summed E-state index contributed by atoms with van der Waals surface area (Å²) in [5, 5.41) is 0. The molecule has 4 nitrogen and oxygen atoms in total. The summed E-state index contributed by atoms with van der Waals surface area (Å²) in [5.41, 5.74) is 9.44. The Morgan fingerprint density at radius 2 is 1.77 bits per heavy atom. The number of benzene rings is 2. The Kier molecular flexibility index (Phi) is 4.39. The Morgan fingerprint density at radius 3 is 2.38 bits per heavy atom. The molecule has 0 saturated carbocycles. The van der Waals surface area contributed by atoms with Crippen molar-refractivity contribution in [3.8, 4) is 0 Å². The Hall–Kier alpha value is -2.62. The van der Waals surface area contributed by atoms with Gasteiger partial charge >= 0.3 is 0 Å². The van der Waals surface area contributed by atoms with Crippen molar-refractivity contribution in [1.82, 2.24) is 0 Å². The molecule has 2 N–H and O–H groups in total. The number of fused-ring (bicyclic) bond motifs is 1. The van der Waals surface area contributed by atoms with Gasteiger partial charge in [0, 0.05) is 23.9 Å². The lowest BCUT2D eigenvalue weighted by molar-refractivity contribution is -0.118. The number of nitrogens with zero attached hydrogens (tertiary/aromatic N) is 1. The minimum absolute atomic E-state index is 0.0132. The van der Waals surface area contributed by atoms with E-state index in [2.05, 4.69) is 6.92 Å². The number of hydrogen-bond donors (Lipinski definition) is 1. The van der Waals surface area contributed by atoms with E-state index in [1.807, 2.05) is 57.2 Å². The molecule has 2 aromatic rings. The summed E-state index contributed by atoms with van der Waals surface area (Å²) in [7, 11) is 0. The van der Waals surface area contributed by atoms with Gasteiger partial charge in [-0.25, -0.2) is 0 Å². The molecule has 1 aliphatic heterocycles. The molecule has 0 aliphatic carbocycles. The minimum atomic E-state index is -0.659. The van der Waals surface area contributed by atoms with Crippen molar-refractivity contribution < 1.29 is 9.59 Å². The quantitative estimate of drug-likeness (QED) is 0.648. The van der Waals surface area contributed by atoms with E-state index in [-0.39, 0.29) is 23.5 Å². The molecule has 1 amide bonds. The highest BCUT2D eigenvalue weighted by Gasteiger charge is 2.50. The monoisotopic (exact) mass is 350 g/mol. The van der Waals surface area contributed by atoms with E-state index in [4.69, 9.17) is 5.73 Å². The number of ketones is 1. The van der Waals surface area contributed by atoms with Crippen LogP contribution in [0.2, 0.25) is 0 Å². The first kappa shape index (κ1) is 18.2. The van der Waals surface area contributed by atoms with Gasteiger partial charge in [-0.1, -0.05) is 31.2 Å². The number of rotatable bonds is 2. The van der Waals surface area contributed by atoms with Crippen molar-refractivity contribution in [2.24, 2.45) is 5.92 Å². The Bertz CT molecular complexity index is 885. The van der Waals surface area contributed by atoms with Crippen LogP contribution in [0.5, 0.6) is 0 Å². The first-order valence-corrected chi connectivity index (χ1v) is 8.96. The summed E-state index contributed by atoms with van der Waals surface area (Å²) in [6, 6.07) is 13.4. The number of anilines is 2. The first-order valence-electron chi connectivity index (χ1n) is 8.96. The number of para-hydroxylation sites is 1. The van der Waals surface area contributed by atoms with Crippen molar-refractivity contribution in [2.75, 3.05) is 10.6 Å². The van der Waals surface area contributed by atoms with E-state index >= 15 is 0 Å². The average molecular weight is 350 g/mol. The minimum Gasteiger partial charge on any atom is -0.398 e. The summed E-state index contributed by atoms with van der Waals surface area (Å²) >= 11 is 0. The third-order valence-electron chi connectivity index (χ3n) is 5.58. The highest BCUT2D eigenvalue weighted by molar-refractivity contribution is 6.06. The number of aryl methyl sites for hydroxylation is 1. The van der Waals surface area contributed by atoms with Crippen LogP contribution in [0.25, 0.3) is 0 Å². The van der Waals surface area contributed by atoms with Crippen LogP contribution in [0.15, 0.2) is 42.5 Å². The maximum Gasteiger partial charge on any atom is 0.224 e. The molecular formula is C22H26N2O2. The maximum absolute atomic E-state index is 13.5. The topological polar surface area (TPSA) is 63.4 Å². The lowest BCUT2D eigenvalue weighted by Crippen LogP contribution is -2.58. The Balaban J connectivity index is 2.17. The Labute approximate surface area is 155 Å². The second-order valence-electron chi connectivity index (χ2n) is 7.79. The predicted octanol–water partition coefficient (Wildman–Crippen LogP) is 4.32. The van der Waals surface area contributed by atoms with Crippen LogP contribution >= 0.6 is 0 Å². The van der Waals surface area contributed by atoms with Crippen LogP contribution in [0.3, 0.4) is 0 Å². The summed E-state index contributed by atoms with van der Waals surface area (Å²) in [5.74, 6) is -0.485. The smallest absolute Gasteiger partial charge is 0.224 e.